The topological polar surface area (TPSA) is 79.9 Å². The molecule has 0 saturated carbocycles. The first-order valence-electron chi connectivity index (χ1n) is 17.2. The smallest absolute Gasteiger partial charge is 0.522 e. The van der Waals surface area contributed by atoms with Crippen molar-refractivity contribution in [3.05, 3.63) is 163 Å². The van der Waals surface area contributed by atoms with Gasteiger partial charge in [-0.1, -0.05) is 65.7 Å². The van der Waals surface area contributed by atoms with Gasteiger partial charge in [0.2, 0.25) is 0 Å². The summed E-state index contributed by atoms with van der Waals surface area (Å²) in [5, 5.41) is 7.42. The molecule has 9 heteroatoms. The number of fused-ring (bicyclic) bond motifs is 3. The Morgan fingerprint density at radius 3 is 2.24 bits per heavy atom. The summed E-state index contributed by atoms with van der Waals surface area (Å²) in [7, 11) is 1.64. The van der Waals surface area contributed by atoms with Crippen LogP contribution in [0.2, 0.25) is 0 Å². The molecule has 0 bridgehead atoms. The first kappa shape index (κ1) is 34.7. The van der Waals surface area contributed by atoms with E-state index in [-0.39, 0.29) is 21.1 Å². The molecule has 0 spiro atoms. The summed E-state index contributed by atoms with van der Waals surface area (Å²) in [6.07, 6.45) is 7.18. The third-order valence-corrected chi connectivity index (χ3v) is 9.26. The Morgan fingerprint density at radius 2 is 1.46 bits per heavy atom. The third-order valence-electron chi connectivity index (χ3n) is 9.26. The summed E-state index contributed by atoms with van der Waals surface area (Å²) in [4.78, 5) is 13.8. The van der Waals surface area contributed by atoms with Gasteiger partial charge in [0.15, 0.2) is 0 Å². The maximum atomic E-state index is 6.58. The monoisotopic (exact) mass is 883 g/mol. The number of hydrogen-bond acceptors (Lipinski definition) is 6. The molecule has 0 N–H and O–H groups in total. The van der Waals surface area contributed by atoms with Crippen LogP contribution in [0.25, 0.3) is 67.1 Å². The van der Waals surface area contributed by atoms with Crippen LogP contribution in [0, 0.1) is 26.0 Å². The zero-order chi connectivity index (χ0) is 35.9. The Morgan fingerprint density at radius 1 is 0.648 bits per heavy atom. The van der Waals surface area contributed by atoms with Crippen LogP contribution >= 0.6 is 0 Å². The third kappa shape index (κ3) is 6.35. The molecule has 8 nitrogen and oxygen atoms in total. The van der Waals surface area contributed by atoms with Crippen molar-refractivity contribution in [2.24, 2.45) is 0 Å². The number of methoxy groups -OCH3 is 1. The van der Waals surface area contributed by atoms with Gasteiger partial charge in [-0.25, -0.2) is 4.98 Å². The second kappa shape index (κ2) is 14.6. The van der Waals surface area contributed by atoms with E-state index in [0.717, 1.165) is 67.0 Å². The molecule has 0 saturated heterocycles. The minimum absolute atomic E-state index is 0. The molecule has 0 aliphatic heterocycles. The normalized spacial score (nSPS) is 11.1. The number of ether oxygens (including phenoxy) is 2. The van der Waals surface area contributed by atoms with Gasteiger partial charge in [0, 0.05) is 58.7 Å². The Balaban J connectivity index is 0.00000413. The van der Waals surface area contributed by atoms with Crippen molar-refractivity contribution in [3.8, 4) is 62.5 Å². The molecule has 54 heavy (non-hydrogen) atoms. The van der Waals surface area contributed by atoms with Crippen molar-refractivity contribution in [3.63, 3.8) is 0 Å². The first-order valence-corrected chi connectivity index (χ1v) is 17.2. The van der Waals surface area contributed by atoms with Crippen LogP contribution < -0.4 is 9.47 Å². The Hall–Kier alpha value is -6.37. The maximum Gasteiger partial charge on any atom is 2.00 e. The van der Waals surface area contributed by atoms with Gasteiger partial charge in [-0.05, 0) is 78.5 Å². The van der Waals surface area contributed by atoms with Gasteiger partial charge < -0.3 is 14.0 Å². The minimum atomic E-state index is 0. The van der Waals surface area contributed by atoms with Gasteiger partial charge in [-0.3, -0.25) is 14.6 Å². The number of rotatable bonds is 8. The zero-order valence-electron chi connectivity index (χ0n) is 29.6. The summed E-state index contributed by atoms with van der Waals surface area (Å²) in [5.41, 5.74) is 10.0. The zero-order valence-corrected chi connectivity index (χ0v) is 31.9. The van der Waals surface area contributed by atoms with E-state index in [9.17, 15) is 0 Å². The molecular formula is C45H32N6O2Pt. The first-order chi connectivity index (χ1) is 26.0. The number of nitrogens with zero attached hydrogens (tertiary/aromatic N) is 6. The second-order valence-corrected chi connectivity index (χ2v) is 12.8. The molecule has 5 aromatic heterocycles. The van der Waals surface area contributed by atoms with E-state index < -0.39 is 0 Å². The number of aromatic nitrogens is 6. The van der Waals surface area contributed by atoms with E-state index in [0.29, 0.717) is 22.9 Å². The van der Waals surface area contributed by atoms with Gasteiger partial charge in [0.1, 0.15) is 11.5 Å². The predicted octanol–water partition coefficient (Wildman–Crippen LogP) is 10.2. The van der Waals surface area contributed by atoms with Crippen molar-refractivity contribution in [2.45, 2.75) is 13.8 Å². The summed E-state index contributed by atoms with van der Waals surface area (Å²) >= 11 is 0. The molecule has 0 aliphatic rings. The van der Waals surface area contributed by atoms with Gasteiger partial charge in [-0.15, -0.1) is 29.7 Å². The molecule has 0 atom stereocenters. The summed E-state index contributed by atoms with van der Waals surface area (Å²) in [6, 6.07) is 45.4. The van der Waals surface area contributed by atoms with Gasteiger partial charge >= 0.3 is 21.1 Å². The standard InChI is InChI=1S/C45H32N6O2.Pt/c1-29-11-13-31(14-12-29)43-44(32-18-21-46-22-19-32)49-51(45(43)39-9-6-7-20-47-39)33-25-35(52-3)27-36(26-33)53-34-15-16-38-37-8-4-5-10-40(37)50(41(38)28-34)42-24-30(2)17-23-48-42;/h4-25,27H,1-3H3;/q-2;+2. The van der Waals surface area contributed by atoms with Crippen LogP contribution in [0.5, 0.6) is 17.2 Å². The number of aryl methyl sites for hydroxylation is 2. The van der Waals surface area contributed by atoms with E-state index in [2.05, 4.69) is 84.1 Å². The molecule has 0 unspecified atom stereocenters. The van der Waals surface area contributed by atoms with Crippen LogP contribution in [-0.4, -0.2) is 36.4 Å². The molecule has 0 amide bonds. The number of pyridine rings is 3. The fraction of sp³-hybridized carbons (Fsp3) is 0.0667. The fourth-order valence-corrected chi connectivity index (χ4v) is 6.76. The van der Waals surface area contributed by atoms with Crippen molar-refractivity contribution >= 4 is 21.8 Å². The molecule has 5 heterocycles. The van der Waals surface area contributed by atoms with Crippen LogP contribution in [-0.2, 0) is 21.1 Å². The molecule has 0 radical (unpaired) electrons. The number of para-hydroxylation sites is 1. The van der Waals surface area contributed by atoms with E-state index in [1.54, 1.807) is 25.7 Å². The van der Waals surface area contributed by atoms with E-state index in [4.69, 9.17) is 24.5 Å². The van der Waals surface area contributed by atoms with Gasteiger partial charge in [-0.2, -0.15) is 11.2 Å². The van der Waals surface area contributed by atoms with Gasteiger partial charge in [0.25, 0.3) is 0 Å². The molecule has 9 aromatic rings. The average Bonchev–Trinajstić information content (AvgIpc) is 3.75. The number of hydrogen-bond donors (Lipinski definition) is 0. The van der Waals surface area contributed by atoms with Crippen LogP contribution in [0.1, 0.15) is 11.1 Å². The van der Waals surface area contributed by atoms with Crippen molar-refractivity contribution in [2.75, 3.05) is 7.11 Å². The van der Waals surface area contributed by atoms with Crippen molar-refractivity contribution in [1.29, 1.82) is 0 Å². The minimum Gasteiger partial charge on any atom is -0.522 e. The van der Waals surface area contributed by atoms with Crippen molar-refractivity contribution in [1.82, 2.24) is 29.3 Å². The van der Waals surface area contributed by atoms with E-state index >= 15 is 0 Å². The second-order valence-electron chi connectivity index (χ2n) is 12.8. The van der Waals surface area contributed by atoms with E-state index in [1.165, 1.54) is 5.56 Å². The van der Waals surface area contributed by atoms with Crippen LogP contribution in [0.15, 0.2) is 140 Å². The maximum absolute atomic E-state index is 6.58. The van der Waals surface area contributed by atoms with Crippen LogP contribution in [0.4, 0.5) is 0 Å². The summed E-state index contributed by atoms with van der Waals surface area (Å²) < 4.78 is 16.4. The molecule has 9 rings (SSSR count). The molecule has 0 fully saturated rings. The Bertz CT molecular complexity index is 2760. The Labute approximate surface area is 327 Å². The number of benzene rings is 4. The predicted molar refractivity (Wildman–Crippen MR) is 208 cm³/mol. The fourth-order valence-electron chi connectivity index (χ4n) is 6.76. The molecule has 0 aliphatic carbocycles. The van der Waals surface area contributed by atoms with Gasteiger partial charge in [0.05, 0.1) is 18.5 Å². The summed E-state index contributed by atoms with van der Waals surface area (Å²) in [6.45, 7) is 4.15. The van der Waals surface area contributed by atoms with Crippen molar-refractivity contribution < 1.29 is 30.5 Å². The summed E-state index contributed by atoms with van der Waals surface area (Å²) in [5.74, 6) is 2.36. The van der Waals surface area contributed by atoms with E-state index in [1.807, 2.05) is 77.6 Å². The largest absolute Gasteiger partial charge is 2.00 e. The average molecular weight is 884 g/mol. The molecule has 4 aromatic carbocycles. The SMILES string of the molecule is COc1cc(Oc2[c-]c3c(cc2)c2ccccc2n3-c2cc(C)ccn2)[c-]c(-n2nc(-c3ccncc3)c(-c3ccc(C)cc3)c2-c2ccccn2)c1.[Pt+2]. The molecule has 264 valence electrons. The molecular weight excluding hydrogens is 852 g/mol. The quantitative estimate of drug-likeness (QED) is 0.142. The van der Waals surface area contributed by atoms with Crippen LogP contribution in [0.3, 0.4) is 0 Å². The Kier molecular flexibility index (Phi) is 9.36.